The summed E-state index contributed by atoms with van der Waals surface area (Å²) < 4.78 is 13.5. The second kappa shape index (κ2) is 6.75. The lowest BCUT2D eigenvalue weighted by Crippen LogP contribution is -2.60. The normalized spacial score (nSPS) is 27.0. The Morgan fingerprint density at radius 3 is 3.00 bits per heavy atom. The van der Waals surface area contributed by atoms with Crippen molar-refractivity contribution in [2.75, 3.05) is 33.2 Å². The fraction of sp³-hybridized carbons (Fsp3) is 0.588. The summed E-state index contributed by atoms with van der Waals surface area (Å²) in [6, 6.07) is 4.53. The van der Waals surface area contributed by atoms with Gasteiger partial charge in [-0.3, -0.25) is 14.6 Å². The Labute approximate surface area is 141 Å². The zero-order valence-electron chi connectivity index (χ0n) is 13.4. The molecule has 23 heavy (non-hydrogen) atoms. The summed E-state index contributed by atoms with van der Waals surface area (Å²) in [6.07, 6.45) is 2.38. The predicted molar refractivity (Wildman–Crippen MR) is 88.9 cm³/mol. The van der Waals surface area contributed by atoms with Gasteiger partial charge in [0.25, 0.3) is 0 Å². The molecular weight excluding hydrogens is 317 g/mol. The number of benzene rings is 1. The van der Waals surface area contributed by atoms with Crippen molar-refractivity contribution >= 4 is 17.5 Å². The van der Waals surface area contributed by atoms with Gasteiger partial charge in [-0.05, 0) is 43.7 Å². The van der Waals surface area contributed by atoms with E-state index in [-0.39, 0.29) is 17.3 Å². The van der Waals surface area contributed by atoms with Crippen LogP contribution < -0.4 is 5.32 Å². The van der Waals surface area contributed by atoms with Gasteiger partial charge in [-0.15, -0.1) is 0 Å². The summed E-state index contributed by atoms with van der Waals surface area (Å²) in [4.78, 5) is 16.4. The third-order valence-electron chi connectivity index (χ3n) is 5.21. The van der Waals surface area contributed by atoms with Crippen LogP contribution >= 0.6 is 11.6 Å². The number of nitrogens with zero attached hydrogens (tertiary/aromatic N) is 2. The van der Waals surface area contributed by atoms with Crippen LogP contribution in [0, 0.1) is 5.82 Å². The molecule has 1 spiro atoms. The third-order valence-corrected chi connectivity index (χ3v) is 5.58. The van der Waals surface area contributed by atoms with Gasteiger partial charge < -0.3 is 5.32 Å². The Balaban J connectivity index is 1.74. The fourth-order valence-corrected chi connectivity index (χ4v) is 3.90. The first-order valence-electron chi connectivity index (χ1n) is 8.13. The van der Waals surface area contributed by atoms with E-state index in [1.807, 2.05) is 0 Å². The Bertz CT molecular complexity index is 597. The molecule has 0 aliphatic carbocycles. The molecule has 0 saturated carbocycles. The molecule has 2 fully saturated rings. The molecule has 2 saturated heterocycles. The van der Waals surface area contributed by atoms with E-state index in [1.54, 1.807) is 6.07 Å². The van der Waals surface area contributed by atoms with Crippen LogP contribution in [0.1, 0.15) is 24.8 Å². The SMILES string of the molecule is CN1CCN(Cc2cc(F)ccc2Cl)C[C@@]12CCNC(=O)CC2. The number of carbonyl (C=O) groups excluding carboxylic acids is 1. The lowest BCUT2D eigenvalue weighted by Gasteiger charge is -2.49. The number of amides is 1. The second-order valence-corrected chi connectivity index (χ2v) is 7.10. The van der Waals surface area contributed by atoms with Crippen molar-refractivity contribution in [3.05, 3.63) is 34.6 Å². The second-order valence-electron chi connectivity index (χ2n) is 6.69. The van der Waals surface area contributed by atoms with E-state index in [4.69, 9.17) is 11.6 Å². The Hall–Kier alpha value is -1.17. The van der Waals surface area contributed by atoms with Gasteiger partial charge in [0.2, 0.25) is 5.91 Å². The van der Waals surface area contributed by atoms with Crippen molar-refractivity contribution in [2.45, 2.75) is 31.3 Å². The van der Waals surface area contributed by atoms with Crippen molar-refractivity contribution < 1.29 is 9.18 Å². The molecule has 0 unspecified atom stereocenters. The van der Waals surface area contributed by atoms with Gasteiger partial charge in [0, 0.05) is 49.7 Å². The summed E-state index contributed by atoms with van der Waals surface area (Å²) in [5.41, 5.74) is 0.839. The van der Waals surface area contributed by atoms with E-state index in [2.05, 4.69) is 22.2 Å². The topological polar surface area (TPSA) is 35.6 Å². The smallest absolute Gasteiger partial charge is 0.220 e. The van der Waals surface area contributed by atoms with Crippen LogP contribution in [0.3, 0.4) is 0 Å². The van der Waals surface area contributed by atoms with Gasteiger partial charge in [0.05, 0.1) is 0 Å². The number of likely N-dealkylation sites (N-methyl/N-ethyl adjacent to an activating group) is 1. The Kier molecular flexibility index (Phi) is 4.90. The number of hydrogen-bond donors (Lipinski definition) is 1. The average molecular weight is 340 g/mol. The van der Waals surface area contributed by atoms with Crippen molar-refractivity contribution in [2.24, 2.45) is 0 Å². The zero-order valence-corrected chi connectivity index (χ0v) is 14.2. The molecule has 1 N–H and O–H groups in total. The summed E-state index contributed by atoms with van der Waals surface area (Å²) in [5.74, 6) is -0.113. The van der Waals surface area contributed by atoms with Crippen LogP contribution in [-0.2, 0) is 11.3 Å². The largest absolute Gasteiger partial charge is 0.356 e. The maximum Gasteiger partial charge on any atom is 0.220 e. The first-order valence-corrected chi connectivity index (χ1v) is 8.51. The summed E-state index contributed by atoms with van der Waals surface area (Å²) in [7, 11) is 2.14. The minimum Gasteiger partial charge on any atom is -0.356 e. The van der Waals surface area contributed by atoms with Gasteiger partial charge in [0.15, 0.2) is 0 Å². The van der Waals surface area contributed by atoms with Crippen molar-refractivity contribution in [3.8, 4) is 0 Å². The molecule has 1 atom stereocenters. The molecular formula is C17H23ClFN3O. The van der Waals surface area contributed by atoms with Crippen molar-refractivity contribution in [1.29, 1.82) is 0 Å². The quantitative estimate of drug-likeness (QED) is 0.897. The first kappa shape index (κ1) is 16.7. The maximum absolute atomic E-state index is 13.5. The minimum atomic E-state index is -0.252. The minimum absolute atomic E-state index is 0.0111. The Morgan fingerprint density at radius 1 is 1.35 bits per heavy atom. The van der Waals surface area contributed by atoms with E-state index in [0.29, 0.717) is 18.0 Å². The molecule has 1 aromatic carbocycles. The molecule has 126 valence electrons. The lowest BCUT2D eigenvalue weighted by molar-refractivity contribution is -0.121. The number of rotatable bonds is 2. The summed E-state index contributed by atoms with van der Waals surface area (Å²) >= 11 is 6.21. The molecule has 2 aliphatic rings. The van der Waals surface area contributed by atoms with E-state index >= 15 is 0 Å². The standard InChI is InChI=1S/C17H23ClFN3O/c1-21-8-9-22(11-13-10-14(19)2-3-15(13)18)12-17(21)5-4-16(23)20-7-6-17/h2-3,10H,4-9,11-12H2,1H3,(H,20,23)/t17-/m1/s1. The zero-order chi connectivity index (χ0) is 16.4. The average Bonchev–Trinajstić information content (AvgIpc) is 2.70. The van der Waals surface area contributed by atoms with Crippen LogP contribution in [-0.4, -0.2) is 54.5 Å². The van der Waals surface area contributed by atoms with Crippen molar-refractivity contribution in [1.82, 2.24) is 15.1 Å². The van der Waals surface area contributed by atoms with Crippen LogP contribution in [0.5, 0.6) is 0 Å². The van der Waals surface area contributed by atoms with E-state index < -0.39 is 0 Å². The molecule has 1 aromatic rings. The van der Waals surface area contributed by atoms with Crippen molar-refractivity contribution in [3.63, 3.8) is 0 Å². The first-order chi connectivity index (χ1) is 11.0. The highest BCUT2D eigenvalue weighted by Gasteiger charge is 2.40. The molecule has 0 aromatic heterocycles. The molecule has 1 amide bonds. The van der Waals surface area contributed by atoms with E-state index in [0.717, 1.165) is 44.6 Å². The Morgan fingerprint density at radius 2 is 2.17 bits per heavy atom. The predicted octanol–water partition coefficient (Wildman–Crippen LogP) is 2.27. The van der Waals surface area contributed by atoms with Crippen LogP contribution in [0.25, 0.3) is 0 Å². The molecule has 0 bridgehead atoms. The molecule has 3 rings (SSSR count). The molecule has 4 nitrogen and oxygen atoms in total. The molecule has 0 radical (unpaired) electrons. The fourth-order valence-electron chi connectivity index (χ4n) is 3.72. The van der Waals surface area contributed by atoms with E-state index in [1.165, 1.54) is 12.1 Å². The highest BCUT2D eigenvalue weighted by molar-refractivity contribution is 6.31. The molecule has 2 heterocycles. The van der Waals surface area contributed by atoms with E-state index in [9.17, 15) is 9.18 Å². The molecule has 6 heteroatoms. The number of piperazine rings is 1. The summed E-state index contributed by atoms with van der Waals surface area (Å²) in [6.45, 7) is 4.12. The van der Waals surface area contributed by atoms with Gasteiger partial charge in [-0.1, -0.05) is 11.6 Å². The van der Waals surface area contributed by atoms with Crippen LogP contribution in [0.4, 0.5) is 4.39 Å². The number of halogens is 2. The number of carbonyl (C=O) groups is 1. The monoisotopic (exact) mass is 339 g/mol. The third kappa shape index (κ3) is 3.67. The van der Waals surface area contributed by atoms with Gasteiger partial charge >= 0.3 is 0 Å². The number of hydrogen-bond acceptors (Lipinski definition) is 3. The summed E-state index contributed by atoms with van der Waals surface area (Å²) in [5, 5.41) is 3.57. The number of nitrogens with one attached hydrogen (secondary N) is 1. The van der Waals surface area contributed by atoms with Gasteiger partial charge in [-0.2, -0.15) is 0 Å². The molecule has 2 aliphatic heterocycles. The van der Waals surface area contributed by atoms with Crippen LogP contribution in [0.15, 0.2) is 18.2 Å². The lowest BCUT2D eigenvalue weighted by atomic mass is 9.86. The maximum atomic E-state index is 13.5. The van der Waals surface area contributed by atoms with Crippen LogP contribution in [0.2, 0.25) is 5.02 Å². The highest BCUT2D eigenvalue weighted by Crippen LogP contribution is 2.31. The highest BCUT2D eigenvalue weighted by atomic mass is 35.5. The van der Waals surface area contributed by atoms with Gasteiger partial charge in [-0.25, -0.2) is 4.39 Å². The van der Waals surface area contributed by atoms with Gasteiger partial charge in [0.1, 0.15) is 5.82 Å².